The smallest absolute Gasteiger partial charge is 0.433 e. The highest BCUT2D eigenvalue weighted by Gasteiger charge is 2.10. The molecule has 0 fully saturated rings. The lowest BCUT2D eigenvalue weighted by Crippen LogP contribution is -2.00. The summed E-state index contributed by atoms with van der Waals surface area (Å²) in [4.78, 5) is 21.3. The molecule has 0 aliphatic carbocycles. The van der Waals surface area contributed by atoms with Gasteiger partial charge in [-0.15, -0.1) is 0 Å². The van der Waals surface area contributed by atoms with Crippen LogP contribution in [0, 0.1) is 10.1 Å². The Bertz CT molecular complexity index is 692. The first kappa shape index (κ1) is 14.8. The summed E-state index contributed by atoms with van der Waals surface area (Å²) in [5.41, 5.74) is 0.762. The van der Waals surface area contributed by atoms with Crippen LogP contribution in [0.25, 0.3) is 6.08 Å². The van der Waals surface area contributed by atoms with Crippen LogP contribution in [0.4, 0.5) is 5.88 Å². The van der Waals surface area contributed by atoms with E-state index in [4.69, 9.17) is 20.8 Å². The van der Waals surface area contributed by atoms with Gasteiger partial charge in [0.25, 0.3) is 0 Å². The molecule has 108 valence electrons. The average Bonchev–Trinajstić information content (AvgIpc) is 2.92. The van der Waals surface area contributed by atoms with Crippen molar-refractivity contribution in [2.45, 2.75) is 6.61 Å². The van der Waals surface area contributed by atoms with Gasteiger partial charge in [-0.1, -0.05) is 23.7 Å². The zero-order valence-corrected chi connectivity index (χ0v) is 11.4. The van der Waals surface area contributed by atoms with Gasteiger partial charge in [0.1, 0.15) is 17.3 Å². The lowest BCUT2D eigenvalue weighted by atomic mass is 10.2. The van der Waals surface area contributed by atoms with Gasteiger partial charge < -0.3 is 9.15 Å². The summed E-state index contributed by atoms with van der Waals surface area (Å²) in [5, 5.41) is 11.0. The molecular weight excluding hydrogens is 298 g/mol. The topological polar surface area (TPSA) is 82.6 Å². The molecule has 0 radical (unpaired) electrons. The molecule has 2 aromatic rings. The van der Waals surface area contributed by atoms with E-state index in [9.17, 15) is 14.9 Å². The van der Waals surface area contributed by atoms with Crippen LogP contribution in [0.2, 0.25) is 5.02 Å². The Kier molecular flexibility index (Phi) is 4.73. The van der Waals surface area contributed by atoms with Crippen molar-refractivity contribution in [3.8, 4) is 0 Å². The minimum Gasteiger partial charge on any atom is -0.458 e. The predicted molar refractivity (Wildman–Crippen MR) is 75.6 cm³/mol. The number of furan rings is 1. The maximum Gasteiger partial charge on any atom is 0.433 e. The minimum absolute atomic E-state index is 0.0854. The highest BCUT2D eigenvalue weighted by molar-refractivity contribution is 6.30. The van der Waals surface area contributed by atoms with E-state index < -0.39 is 10.9 Å². The summed E-state index contributed by atoms with van der Waals surface area (Å²) in [6.45, 7) is 0.0854. The number of carbonyl (C=O) groups excluding carboxylic acids is 1. The molecular formula is C14H10ClNO5. The first-order valence-corrected chi connectivity index (χ1v) is 6.26. The molecule has 0 amide bonds. The normalized spacial score (nSPS) is 10.7. The van der Waals surface area contributed by atoms with E-state index in [2.05, 4.69) is 0 Å². The lowest BCUT2D eigenvalue weighted by Gasteiger charge is -2.02. The van der Waals surface area contributed by atoms with Gasteiger partial charge in [0.15, 0.2) is 0 Å². The number of ether oxygens (including phenoxy) is 1. The molecule has 21 heavy (non-hydrogen) atoms. The number of esters is 1. The third-order valence-electron chi connectivity index (χ3n) is 2.45. The van der Waals surface area contributed by atoms with Gasteiger partial charge in [0.2, 0.25) is 0 Å². The second-order valence-corrected chi connectivity index (χ2v) is 4.44. The van der Waals surface area contributed by atoms with Gasteiger partial charge in [0, 0.05) is 11.1 Å². The summed E-state index contributed by atoms with van der Waals surface area (Å²) in [7, 11) is 0. The molecule has 0 spiro atoms. The molecule has 0 bridgehead atoms. The number of carbonyl (C=O) groups is 1. The first-order chi connectivity index (χ1) is 10.0. The Balaban J connectivity index is 1.89. The number of rotatable bonds is 5. The van der Waals surface area contributed by atoms with Gasteiger partial charge in [-0.25, -0.2) is 4.79 Å². The van der Waals surface area contributed by atoms with Crippen LogP contribution in [0.3, 0.4) is 0 Å². The van der Waals surface area contributed by atoms with Crippen LogP contribution >= 0.6 is 11.6 Å². The number of nitrogens with zero attached hydrogens (tertiary/aromatic N) is 1. The Morgan fingerprint density at radius 2 is 2.19 bits per heavy atom. The molecule has 0 aliphatic rings. The van der Waals surface area contributed by atoms with Crippen LogP contribution in [0.15, 0.2) is 46.9 Å². The molecule has 0 saturated heterocycles. The SMILES string of the molecule is O=C(/C=C/c1ccc([N+](=O)[O-])o1)OCc1cccc(Cl)c1. The molecule has 6 nitrogen and oxygen atoms in total. The molecule has 1 aromatic carbocycles. The van der Waals surface area contributed by atoms with Crippen molar-refractivity contribution in [1.29, 1.82) is 0 Å². The van der Waals surface area contributed by atoms with E-state index in [0.29, 0.717) is 5.02 Å². The summed E-state index contributed by atoms with van der Waals surface area (Å²) in [6.07, 6.45) is 2.43. The number of halogens is 1. The number of benzene rings is 1. The summed E-state index contributed by atoms with van der Waals surface area (Å²) in [6, 6.07) is 9.53. The summed E-state index contributed by atoms with van der Waals surface area (Å²) >= 11 is 5.81. The fourth-order valence-corrected chi connectivity index (χ4v) is 1.72. The number of nitro groups is 1. The zero-order chi connectivity index (χ0) is 15.2. The first-order valence-electron chi connectivity index (χ1n) is 5.88. The standard InChI is InChI=1S/C14H10ClNO5/c15-11-3-1-2-10(8-11)9-20-14(17)7-5-12-4-6-13(21-12)16(18)19/h1-8H,9H2/b7-5+. The number of hydrogen-bond donors (Lipinski definition) is 0. The van der Waals surface area contributed by atoms with Crippen LogP contribution in [-0.2, 0) is 16.1 Å². The predicted octanol–water partition coefficient (Wildman–Crippen LogP) is 3.60. The van der Waals surface area contributed by atoms with E-state index in [1.54, 1.807) is 24.3 Å². The molecule has 0 atom stereocenters. The maximum atomic E-state index is 11.5. The van der Waals surface area contributed by atoms with Crippen LogP contribution in [0.1, 0.15) is 11.3 Å². The monoisotopic (exact) mass is 307 g/mol. The van der Waals surface area contributed by atoms with Crippen LogP contribution in [0.5, 0.6) is 0 Å². The Morgan fingerprint density at radius 3 is 2.86 bits per heavy atom. The van der Waals surface area contributed by atoms with Gasteiger partial charge in [0.05, 0.1) is 6.07 Å². The van der Waals surface area contributed by atoms with E-state index in [1.807, 2.05) is 0 Å². The minimum atomic E-state index is -0.658. The number of hydrogen-bond acceptors (Lipinski definition) is 5. The summed E-state index contributed by atoms with van der Waals surface area (Å²) in [5.74, 6) is -0.780. The molecule has 2 rings (SSSR count). The quantitative estimate of drug-likeness (QED) is 0.365. The summed E-state index contributed by atoms with van der Waals surface area (Å²) < 4.78 is 9.86. The lowest BCUT2D eigenvalue weighted by molar-refractivity contribution is -0.402. The third-order valence-corrected chi connectivity index (χ3v) is 2.68. The molecule has 7 heteroatoms. The average molecular weight is 308 g/mol. The van der Waals surface area contributed by atoms with Gasteiger partial charge in [-0.3, -0.25) is 10.1 Å². The fourth-order valence-electron chi connectivity index (χ4n) is 1.51. The fraction of sp³-hybridized carbons (Fsp3) is 0.0714. The van der Waals surface area contributed by atoms with Crippen molar-refractivity contribution in [1.82, 2.24) is 0 Å². The van der Waals surface area contributed by atoms with Crippen LogP contribution < -0.4 is 0 Å². The Morgan fingerprint density at radius 1 is 1.38 bits per heavy atom. The second-order valence-electron chi connectivity index (χ2n) is 4.00. The highest BCUT2D eigenvalue weighted by atomic mass is 35.5. The molecule has 1 heterocycles. The van der Waals surface area contributed by atoms with E-state index in [1.165, 1.54) is 18.2 Å². The van der Waals surface area contributed by atoms with Crippen molar-refractivity contribution >= 4 is 29.5 Å². The largest absolute Gasteiger partial charge is 0.458 e. The van der Waals surface area contributed by atoms with Crippen molar-refractivity contribution in [2.24, 2.45) is 0 Å². The van der Waals surface area contributed by atoms with Crippen molar-refractivity contribution in [2.75, 3.05) is 0 Å². The molecule has 0 N–H and O–H groups in total. The van der Waals surface area contributed by atoms with E-state index in [-0.39, 0.29) is 18.3 Å². The van der Waals surface area contributed by atoms with Gasteiger partial charge in [-0.05, 0) is 29.8 Å². The second kappa shape index (κ2) is 6.71. The van der Waals surface area contributed by atoms with Crippen LogP contribution in [-0.4, -0.2) is 10.9 Å². The van der Waals surface area contributed by atoms with Crippen molar-refractivity contribution in [3.63, 3.8) is 0 Å². The molecule has 0 unspecified atom stereocenters. The molecule has 0 aliphatic heterocycles. The Hall–Kier alpha value is -2.60. The Labute approximate surface area is 124 Å². The van der Waals surface area contributed by atoms with Gasteiger partial charge >= 0.3 is 11.9 Å². The van der Waals surface area contributed by atoms with E-state index >= 15 is 0 Å². The highest BCUT2D eigenvalue weighted by Crippen LogP contribution is 2.16. The maximum absolute atomic E-state index is 11.5. The van der Waals surface area contributed by atoms with Crippen molar-refractivity contribution < 1.29 is 18.9 Å². The molecule has 1 aromatic heterocycles. The zero-order valence-electron chi connectivity index (χ0n) is 10.7. The van der Waals surface area contributed by atoms with Gasteiger partial charge in [-0.2, -0.15) is 0 Å². The molecule has 0 saturated carbocycles. The van der Waals surface area contributed by atoms with E-state index in [0.717, 1.165) is 11.6 Å². The third kappa shape index (κ3) is 4.47. The van der Waals surface area contributed by atoms with Crippen molar-refractivity contribution in [3.05, 3.63) is 68.9 Å².